The maximum absolute atomic E-state index is 13.0. The fourth-order valence-electron chi connectivity index (χ4n) is 4.03. The molecule has 0 saturated carbocycles. The van der Waals surface area contributed by atoms with Crippen molar-refractivity contribution in [2.75, 3.05) is 26.2 Å². The van der Waals surface area contributed by atoms with Gasteiger partial charge in [-0.25, -0.2) is 8.42 Å². The Hall–Kier alpha value is -1.44. The zero-order chi connectivity index (χ0) is 19.4. The number of piperidine rings is 1. The van der Waals surface area contributed by atoms with Crippen LogP contribution in [0, 0.1) is 5.92 Å². The molecule has 2 aliphatic heterocycles. The molecule has 6 nitrogen and oxygen atoms in total. The molecular weight excluding hydrogens is 362 g/mol. The van der Waals surface area contributed by atoms with Crippen molar-refractivity contribution in [3.8, 4) is 0 Å². The maximum atomic E-state index is 13.0. The smallest absolute Gasteiger partial charge is 0.253 e. The van der Waals surface area contributed by atoms with E-state index in [2.05, 4.69) is 0 Å². The number of nitrogens with two attached hydrogens (primary N) is 1. The van der Waals surface area contributed by atoms with E-state index in [1.54, 1.807) is 28.6 Å². The highest BCUT2D eigenvalue weighted by atomic mass is 32.2. The highest BCUT2D eigenvalue weighted by molar-refractivity contribution is 7.89. The number of benzene rings is 1. The predicted octanol–water partition coefficient (Wildman–Crippen LogP) is 2.45. The van der Waals surface area contributed by atoms with Crippen LogP contribution in [0.4, 0.5) is 0 Å². The van der Waals surface area contributed by atoms with Gasteiger partial charge in [-0.3, -0.25) is 4.79 Å². The summed E-state index contributed by atoms with van der Waals surface area (Å²) in [5.41, 5.74) is 6.42. The molecule has 1 unspecified atom stereocenters. The molecule has 27 heavy (non-hydrogen) atoms. The number of carbonyl (C=O) groups excluding carboxylic acids is 1. The van der Waals surface area contributed by atoms with Crippen LogP contribution in [0.25, 0.3) is 0 Å². The summed E-state index contributed by atoms with van der Waals surface area (Å²) in [6.07, 6.45) is 5.73. The summed E-state index contributed by atoms with van der Waals surface area (Å²) in [4.78, 5) is 14.9. The largest absolute Gasteiger partial charge is 0.339 e. The van der Waals surface area contributed by atoms with Gasteiger partial charge in [-0.05, 0) is 56.7 Å². The molecule has 1 atom stereocenters. The van der Waals surface area contributed by atoms with Gasteiger partial charge in [0.1, 0.15) is 0 Å². The summed E-state index contributed by atoms with van der Waals surface area (Å²) >= 11 is 0. The molecule has 0 radical (unpaired) electrons. The molecule has 0 aliphatic carbocycles. The minimum absolute atomic E-state index is 0.0916. The van der Waals surface area contributed by atoms with E-state index in [0.717, 1.165) is 38.5 Å². The van der Waals surface area contributed by atoms with Gasteiger partial charge in [0.15, 0.2) is 0 Å². The number of rotatable bonds is 4. The van der Waals surface area contributed by atoms with E-state index < -0.39 is 10.0 Å². The van der Waals surface area contributed by atoms with Crippen LogP contribution in [0.2, 0.25) is 0 Å². The molecule has 3 rings (SSSR count). The third kappa shape index (κ3) is 4.70. The van der Waals surface area contributed by atoms with Gasteiger partial charge in [0.2, 0.25) is 10.0 Å². The average molecular weight is 394 g/mol. The number of nitrogens with zero attached hydrogens (tertiary/aromatic N) is 2. The zero-order valence-corrected chi connectivity index (χ0v) is 17.0. The minimum atomic E-state index is -3.55. The van der Waals surface area contributed by atoms with Crippen LogP contribution >= 0.6 is 0 Å². The van der Waals surface area contributed by atoms with Crippen molar-refractivity contribution in [3.63, 3.8) is 0 Å². The van der Waals surface area contributed by atoms with Gasteiger partial charge in [0, 0.05) is 37.8 Å². The molecule has 2 fully saturated rings. The van der Waals surface area contributed by atoms with Gasteiger partial charge in [0.05, 0.1) is 4.90 Å². The molecule has 0 aromatic heterocycles. The number of hydrogen-bond acceptors (Lipinski definition) is 4. The minimum Gasteiger partial charge on any atom is -0.339 e. The van der Waals surface area contributed by atoms with Crippen molar-refractivity contribution in [2.24, 2.45) is 11.7 Å². The van der Waals surface area contributed by atoms with E-state index in [9.17, 15) is 13.2 Å². The maximum Gasteiger partial charge on any atom is 0.253 e. The summed E-state index contributed by atoms with van der Waals surface area (Å²) in [6, 6.07) is 6.66. The molecule has 0 spiro atoms. The van der Waals surface area contributed by atoms with Crippen molar-refractivity contribution in [1.82, 2.24) is 9.21 Å². The third-order valence-electron chi connectivity index (χ3n) is 5.85. The Balaban J connectivity index is 1.74. The van der Waals surface area contributed by atoms with Gasteiger partial charge in [0.25, 0.3) is 5.91 Å². The Kier molecular flexibility index (Phi) is 6.55. The SMILES string of the molecule is CC(N)C1CCN(C(=O)c2cccc(S(=O)(=O)N3CCCCCC3)c2)CC1. The van der Waals surface area contributed by atoms with Gasteiger partial charge in [-0.15, -0.1) is 0 Å². The van der Waals surface area contributed by atoms with Gasteiger partial charge < -0.3 is 10.6 Å². The Morgan fingerprint density at radius 1 is 1.07 bits per heavy atom. The first kappa shape index (κ1) is 20.3. The second-order valence-corrected chi connectivity index (χ2v) is 9.77. The van der Waals surface area contributed by atoms with E-state index >= 15 is 0 Å². The number of carbonyl (C=O) groups is 1. The van der Waals surface area contributed by atoms with Crippen LogP contribution in [0.15, 0.2) is 29.2 Å². The van der Waals surface area contributed by atoms with E-state index in [0.29, 0.717) is 37.7 Å². The van der Waals surface area contributed by atoms with Crippen LogP contribution in [-0.4, -0.2) is 55.8 Å². The average Bonchev–Trinajstić information content (AvgIpc) is 2.97. The molecule has 2 N–H and O–H groups in total. The first-order chi connectivity index (χ1) is 12.9. The zero-order valence-electron chi connectivity index (χ0n) is 16.1. The second kappa shape index (κ2) is 8.71. The Labute approximate surface area is 162 Å². The summed E-state index contributed by atoms with van der Waals surface area (Å²) in [5, 5.41) is 0. The topological polar surface area (TPSA) is 83.7 Å². The summed E-state index contributed by atoms with van der Waals surface area (Å²) in [7, 11) is -3.55. The van der Waals surface area contributed by atoms with Gasteiger partial charge in [-0.2, -0.15) is 4.31 Å². The summed E-state index contributed by atoms with van der Waals surface area (Å²) < 4.78 is 27.6. The van der Waals surface area contributed by atoms with Gasteiger partial charge in [-0.1, -0.05) is 18.9 Å². The molecule has 150 valence electrons. The first-order valence-electron chi connectivity index (χ1n) is 10.0. The number of amides is 1. The fourth-order valence-corrected chi connectivity index (χ4v) is 5.60. The number of sulfonamides is 1. The van der Waals surface area contributed by atoms with E-state index in [-0.39, 0.29) is 16.8 Å². The summed E-state index contributed by atoms with van der Waals surface area (Å²) in [5.74, 6) is 0.356. The van der Waals surface area contributed by atoms with E-state index in [4.69, 9.17) is 5.73 Å². The van der Waals surface area contributed by atoms with Crippen LogP contribution in [0.5, 0.6) is 0 Å². The lowest BCUT2D eigenvalue weighted by Gasteiger charge is -2.33. The van der Waals surface area contributed by atoms with Crippen molar-refractivity contribution < 1.29 is 13.2 Å². The normalized spacial score (nSPS) is 21.6. The predicted molar refractivity (Wildman–Crippen MR) is 106 cm³/mol. The molecule has 2 aliphatic rings. The lowest BCUT2D eigenvalue weighted by molar-refractivity contribution is 0.0680. The lowest BCUT2D eigenvalue weighted by Crippen LogP contribution is -2.42. The molecule has 2 saturated heterocycles. The van der Waals surface area contributed by atoms with E-state index in [1.165, 1.54) is 0 Å². The van der Waals surface area contributed by atoms with Crippen LogP contribution in [0.3, 0.4) is 0 Å². The summed E-state index contributed by atoms with van der Waals surface area (Å²) in [6.45, 7) is 4.48. The monoisotopic (exact) mass is 393 g/mol. The molecule has 2 heterocycles. The molecular formula is C20H31N3O3S. The second-order valence-electron chi connectivity index (χ2n) is 7.83. The Morgan fingerprint density at radius 3 is 2.30 bits per heavy atom. The Bertz CT molecular complexity index is 747. The number of hydrogen-bond donors (Lipinski definition) is 1. The van der Waals surface area contributed by atoms with Crippen LogP contribution < -0.4 is 5.73 Å². The van der Waals surface area contributed by atoms with Crippen LogP contribution in [-0.2, 0) is 10.0 Å². The fraction of sp³-hybridized carbons (Fsp3) is 0.650. The highest BCUT2D eigenvalue weighted by Gasteiger charge is 2.28. The highest BCUT2D eigenvalue weighted by Crippen LogP contribution is 2.24. The van der Waals surface area contributed by atoms with Crippen molar-refractivity contribution in [3.05, 3.63) is 29.8 Å². The van der Waals surface area contributed by atoms with Crippen molar-refractivity contribution >= 4 is 15.9 Å². The van der Waals surface area contributed by atoms with Gasteiger partial charge >= 0.3 is 0 Å². The number of likely N-dealkylation sites (tertiary alicyclic amines) is 1. The quantitative estimate of drug-likeness (QED) is 0.852. The van der Waals surface area contributed by atoms with E-state index in [1.807, 2.05) is 11.8 Å². The van der Waals surface area contributed by atoms with Crippen molar-refractivity contribution in [1.29, 1.82) is 0 Å². The third-order valence-corrected chi connectivity index (χ3v) is 7.75. The molecule has 1 aromatic rings. The Morgan fingerprint density at radius 2 is 1.70 bits per heavy atom. The lowest BCUT2D eigenvalue weighted by atomic mass is 9.90. The first-order valence-corrected chi connectivity index (χ1v) is 11.5. The van der Waals surface area contributed by atoms with Crippen molar-refractivity contribution in [2.45, 2.75) is 56.4 Å². The molecule has 0 bridgehead atoms. The standard InChI is InChI=1S/C20H31N3O3S/c1-16(21)17-9-13-22(14-10-17)20(24)18-7-6-8-19(15-18)27(25,26)23-11-4-2-3-5-12-23/h6-8,15-17H,2-5,9-14,21H2,1H3. The molecule has 1 amide bonds. The molecule has 7 heteroatoms. The van der Waals surface area contributed by atoms with Crippen LogP contribution in [0.1, 0.15) is 55.8 Å². The molecule has 1 aromatic carbocycles.